The first-order valence-corrected chi connectivity index (χ1v) is 13.0. The van der Waals surface area contributed by atoms with E-state index in [1.165, 1.54) is 16.7 Å². The van der Waals surface area contributed by atoms with Crippen LogP contribution < -0.4 is 0 Å². The molecule has 0 bridgehead atoms. The Morgan fingerprint density at radius 3 is 2.05 bits per heavy atom. The Morgan fingerprint density at radius 2 is 1.37 bits per heavy atom. The van der Waals surface area contributed by atoms with Crippen molar-refractivity contribution >= 4 is 22.7 Å². The van der Waals surface area contributed by atoms with Crippen molar-refractivity contribution in [3.8, 4) is 33.9 Å². The number of pyridine rings is 1. The summed E-state index contributed by atoms with van der Waals surface area (Å²) in [5.41, 5.74) is 7.42. The summed E-state index contributed by atoms with van der Waals surface area (Å²) >= 11 is 0. The van der Waals surface area contributed by atoms with E-state index in [-0.39, 0.29) is 11.5 Å². The molecule has 0 unspecified atom stereocenters. The number of fused-ring (bicyclic) bond motifs is 1. The van der Waals surface area contributed by atoms with Gasteiger partial charge in [0.1, 0.15) is 11.5 Å². The van der Waals surface area contributed by atoms with Crippen LogP contribution in [-0.4, -0.2) is 21.4 Å². The van der Waals surface area contributed by atoms with E-state index in [1.54, 1.807) is 12.3 Å². The Hall–Kier alpha value is -4.44. The van der Waals surface area contributed by atoms with E-state index in [9.17, 15) is 10.2 Å². The third-order valence-corrected chi connectivity index (χ3v) is 6.90. The smallest absolute Gasteiger partial charge is 0.125 e. The maximum atomic E-state index is 11.1. The third kappa shape index (κ3) is 4.90. The van der Waals surface area contributed by atoms with Gasteiger partial charge in [-0.15, -0.1) is 0 Å². The summed E-state index contributed by atoms with van der Waals surface area (Å²) in [7, 11) is 0. The van der Waals surface area contributed by atoms with Crippen molar-refractivity contribution in [3.05, 3.63) is 108 Å². The van der Waals surface area contributed by atoms with Gasteiger partial charge in [-0.05, 0) is 75.9 Å². The van der Waals surface area contributed by atoms with Crippen molar-refractivity contribution in [1.29, 1.82) is 0 Å². The van der Waals surface area contributed by atoms with Crippen molar-refractivity contribution in [2.75, 3.05) is 0 Å². The van der Waals surface area contributed by atoms with Crippen LogP contribution >= 0.6 is 0 Å². The summed E-state index contributed by atoms with van der Waals surface area (Å²) in [6.45, 7) is 8.81. The predicted molar refractivity (Wildman–Crippen MR) is 158 cm³/mol. The molecular weight excluding hydrogens is 468 g/mol. The summed E-state index contributed by atoms with van der Waals surface area (Å²) in [6, 6.07) is 29.2. The SMILES string of the molecule is CC(C)c1cccc(C(C)C)c1-c1ccc(-c2cccc(C=Nc3cccc4cccc(O)c34)n2)c(O)c1. The lowest BCUT2D eigenvalue weighted by molar-refractivity contribution is 0.477. The van der Waals surface area contributed by atoms with Crippen molar-refractivity contribution in [2.45, 2.75) is 39.5 Å². The molecule has 1 aromatic heterocycles. The highest BCUT2D eigenvalue weighted by Crippen LogP contribution is 2.40. The van der Waals surface area contributed by atoms with Crippen LogP contribution in [0.2, 0.25) is 0 Å². The molecule has 5 rings (SSSR count). The Labute approximate surface area is 224 Å². The van der Waals surface area contributed by atoms with Crippen LogP contribution in [0.25, 0.3) is 33.2 Å². The lowest BCUT2D eigenvalue weighted by atomic mass is 9.84. The molecular formula is C34H32N2O2. The molecule has 5 aromatic rings. The Kier molecular flexibility index (Phi) is 6.97. The van der Waals surface area contributed by atoms with E-state index in [1.807, 2.05) is 60.7 Å². The molecule has 0 saturated carbocycles. The van der Waals surface area contributed by atoms with Gasteiger partial charge in [0.25, 0.3) is 0 Å². The zero-order valence-corrected chi connectivity index (χ0v) is 22.2. The van der Waals surface area contributed by atoms with E-state index in [4.69, 9.17) is 4.98 Å². The summed E-state index contributed by atoms with van der Waals surface area (Å²) in [4.78, 5) is 9.36. The first-order valence-electron chi connectivity index (χ1n) is 13.0. The topological polar surface area (TPSA) is 65.7 Å². The van der Waals surface area contributed by atoms with E-state index in [0.717, 1.165) is 10.9 Å². The molecule has 4 aromatic carbocycles. The molecule has 0 spiro atoms. The zero-order valence-electron chi connectivity index (χ0n) is 22.2. The molecule has 0 saturated heterocycles. The minimum absolute atomic E-state index is 0.191. The fraction of sp³-hybridized carbons (Fsp3) is 0.176. The monoisotopic (exact) mass is 500 g/mol. The molecule has 1 heterocycles. The van der Waals surface area contributed by atoms with Crippen LogP contribution in [0.4, 0.5) is 5.69 Å². The average Bonchev–Trinajstić information content (AvgIpc) is 2.91. The van der Waals surface area contributed by atoms with Crippen molar-refractivity contribution in [1.82, 2.24) is 4.98 Å². The number of aromatic nitrogens is 1. The largest absolute Gasteiger partial charge is 0.507 e. The predicted octanol–water partition coefficient (Wildman–Crippen LogP) is 8.98. The minimum Gasteiger partial charge on any atom is -0.507 e. The highest BCUT2D eigenvalue weighted by Gasteiger charge is 2.17. The van der Waals surface area contributed by atoms with Crippen LogP contribution in [0.15, 0.2) is 96.0 Å². The van der Waals surface area contributed by atoms with Crippen LogP contribution in [-0.2, 0) is 0 Å². The molecule has 0 aliphatic heterocycles. The van der Waals surface area contributed by atoms with Crippen LogP contribution in [0.5, 0.6) is 11.5 Å². The number of rotatable bonds is 6. The summed E-state index contributed by atoms with van der Waals surface area (Å²) < 4.78 is 0. The average molecular weight is 501 g/mol. The second-order valence-corrected chi connectivity index (χ2v) is 10.2. The summed E-state index contributed by atoms with van der Waals surface area (Å²) in [5.74, 6) is 1.12. The first-order chi connectivity index (χ1) is 18.3. The highest BCUT2D eigenvalue weighted by atomic mass is 16.3. The third-order valence-electron chi connectivity index (χ3n) is 6.90. The van der Waals surface area contributed by atoms with E-state index < -0.39 is 0 Å². The number of phenols is 2. The van der Waals surface area contributed by atoms with Gasteiger partial charge in [0, 0.05) is 10.9 Å². The summed E-state index contributed by atoms with van der Waals surface area (Å²) in [5, 5.41) is 23.1. The van der Waals surface area contributed by atoms with Gasteiger partial charge in [0.05, 0.1) is 23.3 Å². The molecule has 0 aliphatic rings. The Balaban J connectivity index is 1.50. The molecule has 0 aliphatic carbocycles. The van der Waals surface area contributed by atoms with Gasteiger partial charge in [-0.2, -0.15) is 0 Å². The van der Waals surface area contributed by atoms with Crippen LogP contribution in [0.1, 0.15) is 56.4 Å². The number of benzene rings is 4. The van der Waals surface area contributed by atoms with Gasteiger partial charge in [0.15, 0.2) is 0 Å². The van der Waals surface area contributed by atoms with E-state index in [2.05, 4.69) is 57.0 Å². The number of aromatic hydroxyl groups is 2. The molecule has 4 heteroatoms. The second kappa shape index (κ2) is 10.5. The number of phenolic OH excluding ortho intramolecular Hbond substituents is 2. The fourth-order valence-electron chi connectivity index (χ4n) is 5.01. The van der Waals surface area contributed by atoms with Crippen LogP contribution in [0.3, 0.4) is 0 Å². The molecule has 2 N–H and O–H groups in total. The maximum Gasteiger partial charge on any atom is 0.125 e. The zero-order chi connectivity index (χ0) is 26.8. The number of nitrogens with zero attached hydrogens (tertiary/aromatic N) is 2. The molecule has 0 amide bonds. The molecule has 0 atom stereocenters. The van der Waals surface area contributed by atoms with E-state index >= 15 is 0 Å². The Bertz CT molecular complexity index is 1620. The molecule has 0 radical (unpaired) electrons. The lowest BCUT2D eigenvalue weighted by Gasteiger charge is -2.20. The molecule has 38 heavy (non-hydrogen) atoms. The second-order valence-electron chi connectivity index (χ2n) is 10.2. The minimum atomic E-state index is 0.191. The van der Waals surface area contributed by atoms with E-state index in [0.29, 0.717) is 39.9 Å². The maximum absolute atomic E-state index is 11.1. The molecule has 190 valence electrons. The summed E-state index contributed by atoms with van der Waals surface area (Å²) in [6.07, 6.45) is 1.68. The fourth-order valence-corrected chi connectivity index (χ4v) is 5.01. The van der Waals surface area contributed by atoms with Gasteiger partial charge in [-0.25, -0.2) is 4.98 Å². The van der Waals surface area contributed by atoms with Gasteiger partial charge >= 0.3 is 0 Å². The van der Waals surface area contributed by atoms with Gasteiger partial charge in [-0.3, -0.25) is 4.99 Å². The van der Waals surface area contributed by atoms with Crippen LogP contribution in [0, 0.1) is 0 Å². The number of hydrogen-bond donors (Lipinski definition) is 2. The highest BCUT2D eigenvalue weighted by molar-refractivity contribution is 5.99. The lowest BCUT2D eigenvalue weighted by Crippen LogP contribution is -2.00. The van der Waals surface area contributed by atoms with Gasteiger partial charge < -0.3 is 10.2 Å². The molecule has 0 fully saturated rings. The number of aliphatic imine (C=N–C) groups is 1. The van der Waals surface area contributed by atoms with Crippen molar-refractivity contribution < 1.29 is 10.2 Å². The van der Waals surface area contributed by atoms with Crippen molar-refractivity contribution in [3.63, 3.8) is 0 Å². The number of hydrogen-bond acceptors (Lipinski definition) is 4. The van der Waals surface area contributed by atoms with Crippen molar-refractivity contribution in [2.24, 2.45) is 4.99 Å². The Morgan fingerprint density at radius 1 is 0.711 bits per heavy atom. The first kappa shape index (κ1) is 25.2. The molecule has 4 nitrogen and oxygen atoms in total. The van der Waals surface area contributed by atoms with Gasteiger partial charge in [0.2, 0.25) is 0 Å². The van der Waals surface area contributed by atoms with Gasteiger partial charge in [-0.1, -0.05) is 82.3 Å². The normalized spacial score (nSPS) is 11.7. The standard InChI is InChI=1S/C34H32N2O2/c1-21(2)26-12-8-13-27(22(3)4)33(26)24-17-18-28(32(38)19-24)29-14-7-11-25(36-29)20-35-30-15-5-9-23-10-6-16-31(37)34(23)30/h5-22,37-38H,1-4H3. The quantitative estimate of drug-likeness (QED) is 0.229.